The standard InChI is InChI=1S/C16H12N2O3/c1-9(19)14-6-12-13(7-17-8-15(12)18-14)10-2-4-11(5-3-10)16(20)21/h2-8,18H,1H3,(H,20,21). The SMILES string of the molecule is CC(=O)c1cc2c(-c3ccc(C(=O)O)cc3)cncc2[nH]1. The Hall–Kier alpha value is -2.95. The van der Waals surface area contributed by atoms with Crippen LogP contribution in [0.5, 0.6) is 0 Å². The van der Waals surface area contributed by atoms with Crippen molar-refractivity contribution < 1.29 is 14.7 Å². The fourth-order valence-electron chi connectivity index (χ4n) is 2.26. The summed E-state index contributed by atoms with van der Waals surface area (Å²) in [5.74, 6) is -1.00. The van der Waals surface area contributed by atoms with Crippen molar-refractivity contribution in [1.29, 1.82) is 0 Å². The van der Waals surface area contributed by atoms with Crippen molar-refractivity contribution in [3.63, 3.8) is 0 Å². The van der Waals surface area contributed by atoms with Crippen molar-refractivity contribution in [2.45, 2.75) is 6.92 Å². The minimum atomic E-state index is -0.960. The third-order valence-corrected chi connectivity index (χ3v) is 3.37. The van der Waals surface area contributed by atoms with Crippen LogP contribution in [0.3, 0.4) is 0 Å². The molecule has 104 valence electrons. The minimum Gasteiger partial charge on any atom is -0.478 e. The van der Waals surface area contributed by atoms with Crippen molar-refractivity contribution in [3.05, 3.63) is 54.0 Å². The molecule has 0 saturated carbocycles. The van der Waals surface area contributed by atoms with Crippen molar-refractivity contribution in [2.75, 3.05) is 0 Å². The van der Waals surface area contributed by atoms with Gasteiger partial charge >= 0.3 is 5.97 Å². The highest BCUT2D eigenvalue weighted by atomic mass is 16.4. The zero-order chi connectivity index (χ0) is 15.0. The smallest absolute Gasteiger partial charge is 0.335 e. The number of aromatic nitrogens is 2. The maximum atomic E-state index is 11.5. The summed E-state index contributed by atoms with van der Waals surface area (Å²) in [6, 6.07) is 8.37. The number of benzene rings is 1. The van der Waals surface area contributed by atoms with Gasteiger partial charge in [-0.15, -0.1) is 0 Å². The third kappa shape index (κ3) is 2.29. The molecule has 0 unspecified atom stereocenters. The molecule has 0 aliphatic rings. The molecule has 2 heterocycles. The highest BCUT2D eigenvalue weighted by Gasteiger charge is 2.11. The zero-order valence-corrected chi connectivity index (χ0v) is 11.3. The number of aromatic amines is 1. The molecule has 0 fully saturated rings. The Morgan fingerprint density at radius 2 is 1.86 bits per heavy atom. The molecule has 21 heavy (non-hydrogen) atoms. The quantitative estimate of drug-likeness (QED) is 0.722. The summed E-state index contributed by atoms with van der Waals surface area (Å²) < 4.78 is 0. The van der Waals surface area contributed by atoms with Gasteiger partial charge < -0.3 is 10.1 Å². The number of hydrogen-bond acceptors (Lipinski definition) is 3. The minimum absolute atomic E-state index is 0.0432. The van der Waals surface area contributed by atoms with Crippen LogP contribution in [0.25, 0.3) is 22.0 Å². The highest BCUT2D eigenvalue weighted by Crippen LogP contribution is 2.28. The van der Waals surface area contributed by atoms with E-state index in [0.29, 0.717) is 5.69 Å². The first-order valence-electron chi connectivity index (χ1n) is 6.37. The lowest BCUT2D eigenvalue weighted by molar-refractivity contribution is 0.0696. The molecule has 0 atom stereocenters. The molecule has 1 aromatic carbocycles. The molecule has 0 amide bonds. The summed E-state index contributed by atoms with van der Waals surface area (Å²) >= 11 is 0. The number of carbonyl (C=O) groups is 2. The van der Waals surface area contributed by atoms with E-state index in [4.69, 9.17) is 5.11 Å². The van der Waals surface area contributed by atoms with Crippen molar-refractivity contribution in [3.8, 4) is 11.1 Å². The first-order chi connectivity index (χ1) is 10.1. The largest absolute Gasteiger partial charge is 0.478 e. The van der Waals surface area contributed by atoms with Crippen LogP contribution in [0.4, 0.5) is 0 Å². The number of H-pyrrole nitrogens is 1. The predicted molar refractivity (Wildman–Crippen MR) is 78.5 cm³/mol. The molecule has 0 spiro atoms. The normalized spacial score (nSPS) is 10.7. The summed E-state index contributed by atoms with van der Waals surface area (Å²) in [5.41, 5.74) is 3.25. The van der Waals surface area contributed by atoms with Crippen molar-refractivity contribution in [2.24, 2.45) is 0 Å². The predicted octanol–water partition coefficient (Wildman–Crippen LogP) is 3.13. The maximum Gasteiger partial charge on any atom is 0.335 e. The number of carbonyl (C=O) groups excluding carboxylic acids is 1. The molecule has 3 rings (SSSR count). The van der Waals surface area contributed by atoms with Gasteiger partial charge in [0.1, 0.15) is 0 Å². The number of Topliss-reactive ketones (excluding diaryl/α,β-unsaturated/α-hetero) is 1. The van der Waals surface area contributed by atoms with Gasteiger partial charge in [-0.05, 0) is 23.8 Å². The molecule has 0 saturated heterocycles. The van der Waals surface area contributed by atoms with E-state index in [1.54, 1.807) is 42.7 Å². The Morgan fingerprint density at radius 1 is 1.14 bits per heavy atom. The van der Waals surface area contributed by atoms with Gasteiger partial charge in [0.05, 0.1) is 23.0 Å². The van der Waals surface area contributed by atoms with E-state index >= 15 is 0 Å². The van der Waals surface area contributed by atoms with E-state index in [2.05, 4.69) is 9.97 Å². The van der Waals surface area contributed by atoms with Gasteiger partial charge in [-0.3, -0.25) is 9.78 Å². The lowest BCUT2D eigenvalue weighted by Gasteiger charge is -2.03. The van der Waals surface area contributed by atoms with Crippen LogP contribution >= 0.6 is 0 Å². The Bertz CT molecular complexity index is 848. The van der Waals surface area contributed by atoms with E-state index < -0.39 is 5.97 Å². The van der Waals surface area contributed by atoms with E-state index in [1.807, 2.05) is 0 Å². The summed E-state index contributed by atoms with van der Waals surface area (Å²) in [5, 5.41) is 9.81. The molecule has 0 aliphatic carbocycles. The number of ketones is 1. The monoisotopic (exact) mass is 280 g/mol. The average Bonchev–Trinajstić information content (AvgIpc) is 2.91. The van der Waals surface area contributed by atoms with Crippen LogP contribution in [0.1, 0.15) is 27.8 Å². The maximum absolute atomic E-state index is 11.5. The Morgan fingerprint density at radius 3 is 2.48 bits per heavy atom. The van der Waals surface area contributed by atoms with E-state index in [1.165, 1.54) is 6.92 Å². The van der Waals surface area contributed by atoms with Crippen LogP contribution in [-0.4, -0.2) is 26.8 Å². The van der Waals surface area contributed by atoms with Gasteiger partial charge in [-0.1, -0.05) is 12.1 Å². The van der Waals surface area contributed by atoms with Gasteiger partial charge in [-0.25, -0.2) is 4.79 Å². The molecule has 0 radical (unpaired) electrons. The summed E-state index contributed by atoms with van der Waals surface area (Å²) in [7, 11) is 0. The first-order valence-corrected chi connectivity index (χ1v) is 6.37. The van der Waals surface area contributed by atoms with Crippen molar-refractivity contribution >= 4 is 22.7 Å². The number of rotatable bonds is 3. The molecule has 0 aliphatic heterocycles. The topological polar surface area (TPSA) is 83.1 Å². The number of hydrogen-bond donors (Lipinski definition) is 2. The zero-order valence-electron chi connectivity index (χ0n) is 11.3. The molecule has 3 aromatic rings. The Balaban J connectivity index is 2.15. The fraction of sp³-hybridized carbons (Fsp3) is 0.0625. The number of aromatic carboxylic acids is 1. The first kappa shape index (κ1) is 13.1. The highest BCUT2D eigenvalue weighted by molar-refractivity contribution is 6.02. The van der Waals surface area contributed by atoms with E-state index in [9.17, 15) is 9.59 Å². The van der Waals surface area contributed by atoms with Gasteiger partial charge in [0.15, 0.2) is 5.78 Å². The van der Waals surface area contributed by atoms with E-state index in [0.717, 1.165) is 22.0 Å². The second kappa shape index (κ2) is 4.86. The van der Waals surface area contributed by atoms with Gasteiger partial charge in [0.2, 0.25) is 0 Å². The molecular formula is C16H12N2O3. The molecule has 2 N–H and O–H groups in total. The number of nitrogens with one attached hydrogen (secondary N) is 1. The molecular weight excluding hydrogens is 268 g/mol. The van der Waals surface area contributed by atoms with Crippen LogP contribution in [0.15, 0.2) is 42.7 Å². The van der Waals surface area contributed by atoms with Crippen molar-refractivity contribution in [1.82, 2.24) is 9.97 Å². The van der Waals surface area contributed by atoms with Crippen LogP contribution in [-0.2, 0) is 0 Å². The second-order valence-corrected chi connectivity index (χ2v) is 4.77. The Labute approximate surface area is 120 Å². The van der Waals surface area contributed by atoms with Crippen LogP contribution < -0.4 is 0 Å². The van der Waals surface area contributed by atoms with Gasteiger partial charge in [0.25, 0.3) is 0 Å². The van der Waals surface area contributed by atoms with E-state index in [-0.39, 0.29) is 11.3 Å². The van der Waals surface area contributed by atoms with Crippen LogP contribution in [0.2, 0.25) is 0 Å². The number of pyridine rings is 1. The van der Waals surface area contributed by atoms with Gasteiger partial charge in [0, 0.05) is 24.1 Å². The number of fused-ring (bicyclic) bond motifs is 1. The molecule has 0 bridgehead atoms. The number of carboxylic acids is 1. The van der Waals surface area contributed by atoms with Crippen LogP contribution in [0, 0.1) is 0 Å². The Kier molecular flexibility index (Phi) is 3.02. The molecule has 5 nitrogen and oxygen atoms in total. The van der Waals surface area contributed by atoms with Gasteiger partial charge in [-0.2, -0.15) is 0 Å². The molecule has 5 heteroatoms. The summed E-state index contributed by atoms with van der Waals surface area (Å²) in [6.07, 6.45) is 3.37. The lowest BCUT2D eigenvalue weighted by atomic mass is 10.0. The summed E-state index contributed by atoms with van der Waals surface area (Å²) in [4.78, 5) is 29.5. The summed E-state index contributed by atoms with van der Waals surface area (Å²) in [6.45, 7) is 1.50. The lowest BCUT2D eigenvalue weighted by Crippen LogP contribution is -1.95. The third-order valence-electron chi connectivity index (χ3n) is 3.37. The fourth-order valence-corrected chi connectivity index (χ4v) is 2.26. The average molecular weight is 280 g/mol. The second-order valence-electron chi connectivity index (χ2n) is 4.77. The number of nitrogens with zero attached hydrogens (tertiary/aromatic N) is 1. The number of carboxylic acid groups (broad SMARTS) is 1. The molecule has 2 aromatic heterocycles.